The van der Waals surface area contributed by atoms with Crippen LogP contribution in [-0.2, 0) is 9.53 Å². The minimum absolute atomic E-state index is 0.0651. The molecular formula is C26H31FN4O5. The first-order valence-corrected chi connectivity index (χ1v) is 12.3. The molecule has 0 unspecified atom stereocenters. The van der Waals surface area contributed by atoms with Crippen molar-refractivity contribution in [2.24, 2.45) is 0 Å². The van der Waals surface area contributed by atoms with Crippen LogP contribution in [0.4, 0.5) is 20.6 Å². The van der Waals surface area contributed by atoms with Crippen LogP contribution >= 0.6 is 0 Å². The number of ether oxygens (including phenoxy) is 2. The van der Waals surface area contributed by atoms with Crippen LogP contribution in [0.2, 0.25) is 0 Å². The topological polar surface area (TPSA) is 103 Å². The SMILES string of the molecule is CN1CCN(C(=O)C[C@@H]2C[C@@H]3c4cc(NC(=O)Nc5ccc(F)cc5)ccc4O[C@@H]3[C@H](CO)O2)CC1. The van der Waals surface area contributed by atoms with Gasteiger partial charge in [0, 0.05) is 49.0 Å². The fourth-order valence-corrected chi connectivity index (χ4v) is 5.17. The highest BCUT2D eigenvalue weighted by Gasteiger charge is 2.46. The van der Waals surface area contributed by atoms with Crippen molar-refractivity contribution in [3.05, 3.63) is 53.8 Å². The zero-order valence-corrected chi connectivity index (χ0v) is 20.2. The highest BCUT2D eigenvalue weighted by molar-refractivity contribution is 5.99. The number of anilines is 2. The van der Waals surface area contributed by atoms with Crippen LogP contribution in [0.3, 0.4) is 0 Å². The summed E-state index contributed by atoms with van der Waals surface area (Å²) >= 11 is 0. The lowest BCUT2D eigenvalue weighted by Crippen LogP contribution is -2.50. The van der Waals surface area contributed by atoms with E-state index in [1.807, 2.05) is 18.0 Å². The van der Waals surface area contributed by atoms with E-state index in [1.165, 1.54) is 24.3 Å². The lowest BCUT2D eigenvalue weighted by molar-refractivity contribution is -0.150. The molecule has 192 valence electrons. The maximum absolute atomic E-state index is 13.1. The first-order chi connectivity index (χ1) is 17.4. The maximum Gasteiger partial charge on any atom is 0.323 e. The van der Waals surface area contributed by atoms with E-state index in [4.69, 9.17) is 9.47 Å². The first-order valence-electron chi connectivity index (χ1n) is 12.3. The van der Waals surface area contributed by atoms with Gasteiger partial charge in [-0.15, -0.1) is 0 Å². The molecular weight excluding hydrogens is 467 g/mol. The van der Waals surface area contributed by atoms with E-state index in [9.17, 15) is 19.1 Å². The third kappa shape index (κ3) is 5.30. The number of aliphatic hydroxyl groups excluding tert-OH is 1. The number of carbonyl (C=O) groups excluding carboxylic acids is 2. The molecule has 3 N–H and O–H groups in total. The summed E-state index contributed by atoms with van der Waals surface area (Å²) < 4.78 is 25.3. The molecule has 9 nitrogen and oxygen atoms in total. The van der Waals surface area contributed by atoms with Crippen molar-refractivity contribution in [2.45, 2.75) is 37.1 Å². The molecule has 3 amide bonds. The second kappa shape index (κ2) is 10.4. The second-order valence-corrected chi connectivity index (χ2v) is 9.63. The van der Waals surface area contributed by atoms with Gasteiger partial charge in [-0.25, -0.2) is 9.18 Å². The third-order valence-corrected chi connectivity index (χ3v) is 7.12. The minimum atomic E-state index is -0.542. The Balaban J connectivity index is 1.26. The van der Waals surface area contributed by atoms with Crippen LogP contribution < -0.4 is 15.4 Å². The molecule has 2 aromatic rings. The zero-order valence-electron chi connectivity index (χ0n) is 20.2. The Morgan fingerprint density at radius 2 is 1.75 bits per heavy atom. The van der Waals surface area contributed by atoms with Crippen LogP contribution in [-0.4, -0.2) is 85.0 Å². The molecule has 36 heavy (non-hydrogen) atoms. The second-order valence-electron chi connectivity index (χ2n) is 9.63. The maximum atomic E-state index is 13.1. The molecule has 0 saturated carbocycles. The van der Waals surface area contributed by atoms with Crippen molar-refractivity contribution in [1.29, 1.82) is 0 Å². The molecule has 4 atom stereocenters. The van der Waals surface area contributed by atoms with Crippen molar-refractivity contribution in [1.82, 2.24) is 9.80 Å². The molecule has 2 saturated heterocycles. The van der Waals surface area contributed by atoms with Crippen molar-refractivity contribution in [3.63, 3.8) is 0 Å². The number of rotatable bonds is 5. The molecule has 0 bridgehead atoms. The van der Waals surface area contributed by atoms with Gasteiger partial charge in [0.05, 0.1) is 19.1 Å². The summed E-state index contributed by atoms with van der Waals surface area (Å²) in [5.74, 6) is 0.297. The number of amides is 3. The number of halogens is 1. The highest BCUT2D eigenvalue weighted by atomic mass is 19.1. The van der Waals surface area contributed by atoms with Crippen molar-refractivity contribution in [3.8, 4) is 5.75 Å². The summed E-state index contributed by atoms with van der Waals surface area (Å²) in [7, 11) is 2.05. The van der Waals surface area contributed by atoms with Gasteiger partial charge in [-0.2, -0.15) is 0 Å². The molecule has 3 aliphatic rings. The highest BCUT2D eigenvalue weighted by Crippen LogP contribution is 2.47. The largest absolute Gasteiger partial charge is 0.487 e. The van der Waals surface area contributed by atoms with E-state index >= 15 is 0 Å². The summed E-state index contributed by atoms with van der Waals surface area (Å²) in [5.41, 5.74) is 1.97. The lowest BCUT2D eigenvalue weighted by atomic mass is 9.84. The average molecular weight is 499 g/mol. The quantitative estimate of drug-likeness (QED) is 0.586. The van der Waals surface area contributed by atoms with Crippen LogP contribution in [0.5, 0.6) is 5.75 Å². The van der Waals surface area contributed by atoms with E-state index in [0.717, 1.165) is 18.7 Å². The Morgan fingerprint density at radius 3 is 2.47 bits per heavy atom. The molecule has 5 rings (SSSR count). The standard InChI is InChI=1S/C26H31FN4O5/c1-30-8-10-31(11-9-30)24(33)14-19-13-21-20-12-18(6-7-22(20)36-25(21)23(15-32)35-19)29-26(34)28-17-4-2-16(27)3-5-17/h2-7,12,19,21,23,25,32H,8-11,13-15H2,1H3,(H2,28,29,34)/t19-,21+,23-,25-/m0/s1. The Labute approximate surface area is 209 Å². The van der Waals surface area contributed by atoms with E-state index in [0.29, 0.717) is 36.6 Å². The van der Waals surface area contributed by atoms with Crippen LogP contribution in [0.25, 0.3) is 0 Å². The lowest BCUT2D eigenvalue weighted by Gasteiger charge is -2.38. The van der Waals surface area contributed by atoms with Gasteiger partial charge in [0.15, 0.2) is 0 Å². The molecule has 0 aromatic heterocycles. The number of piperazine rings is 1. The predicted molar refractivity (Wildman–Crippen MR) is 132 cm³/mol. The van der Waals surface area contributed by atoms with Gasteiger partial charge in [0.25, 0.3) is 0 Å². The predicted octanol–water partition coefficient (Wildman–Crippen LogP) is 2.63. The third-order valence-electron chi connectivity index (χ3n) is 7.12. The van der Waals surface area contributed by atoms with E-state index in [-0.39, 0.29) is 42.9 Å². The van der Waals surface area contributed by atoms with Gasteiger partial charge in [-0.05, 0) is 55.9 Å². The number of nitrogens with zero attached hydrogens (tertiary/aromatic N) is 2. The normalized spacial score (nSPS) is 25.5. The van der Waals surface area contributed by atoms with Crippen LogP contribution in [0.15, 0.2) is 42.5 Å². The molecule has 3 heterocycles. The molecule has 2 aromatic carbocycles. The average Bonchev–Trinajstić information content (AvgIpc) is 3.23. The van der Waals surface area contributed by atoms with Crippen LogP contribution in [0.1, 0.15) is 24.3 Å². The number of aliphatic hydroxyl groups is 1. The van der Waals surface area contributed by atoms with Crippen molar-refractivity contribution in [2.75, 3.05) is 50.5 Å². The molecule has 2 fully saturated rings. The number of hydrogen-bond donors (Lipinski definition) is 3. The van der Waals surface area contributed by atoms with Crippen molar-refractivity contribution >= 4 is 23.3 Å². The van der Waals surface area contributed by atoms with Gasteiger partial charge >= 0.3 is 6.03 Å². The molecule has 0 spiro atoms. The zero-order chi connectivity index (χ0) is 25.2. The summed E-state index contributed by atoms with van der Waals surface area (Å²) in [6.07, 6.45) is -0.387. The Morgan fingerprint density at radius 1 is 1.06 bits per heavy atom. The summed E-state index contributed by atoms with van der Waals surface area (Å²) in [5, 5.41) is 15.5. The van der Waals surface area contributed by atoms with E-state index in [1.54, 1.807) is 12.1 Å². The molecule has 0 radical (unpaired) electrons. The molecule has 10 heteroatoms. The van der Waals surface area contributed by atoms with E-state index in [2.05, 4.69) is 15.5 Å². The molecule has 0 aliphatic carbocycles. The number of nitrogens with one attached hydrogen (secondary N) is 2. The number of urea groups is 1. The fraction of sp³-hybridized carbons (Fsp3) is 0.462. The smallest absolute Gasteiger partial charge is 0.323 e. The fourth-order valence-electron chi connectivity index (χ4n) is 5.17. The Hall–Kier alpha value is -3.21. The van der Waals surface area contributed by atoms with Gasteiger partial charge < -0.3 is 35.0 Å². The van der Waals surface area contributed by atoms with Crippen LogP contribution in [0, 0.1) is 5.82 Å². The van der Waals surface area contributed by atoms with Gasteiger partial charge in [-0.1, -0.05) is 0 Å². The van der Waals surface area contributed by atoms with Gasteiger partial charge in [-0.3, -0.25) is 4.79 Å². The molecule has 3 aliphatic heterocycles. The first kappa shape index (κ1) is 24.5. The van der Waals surface area contributed by atoms with Gasteiger partial charge in [0.1, 0.15) is 23.8 Å². The summed E-state index contributed by atoms with van der Waals surface area (Å²) in [6.45, 7) is 2.91. The minimum Gasteiger partial charge on any atom is -0.487 e. The Kier molecular flexibility index (Phi) is 7.08. The Bertz CT molecular complexity index is 1110. The number of benzene rings is 2. The summed E-state index contributed by atoms with van der Waals surface area (Å²) in [4.78, 5) is 29.4. The number of carbonyl (C=O) groups is 2. The number of likely N-dealkylation sites (N-methyl/N-ethyl adjacent to an activating group) is 1. The monoisotopic (exact) mass is 498 g/mol. The summed E-state index contributed by atoms with van der Waals surface area (Å²) in [6, 6.07) is 10.5. The van der Waals surface area contributed by atoms with E-state index < -0.39 is 12.1 Å². The number of hydrogen-bond acceptors (Lipinski definition) is 6. The number of fused-ring (bicyclic) bond motifs is 3. The van der Waals surface area contributed by atoms with Crippen molar-refractivity contribution < 1.29 is 28.6 Å². The van der Waals surface area contributed by atoms with Gasteiger partial charge in [0.2, 0.25) is 5.91 Å².